The van der Waals surface area contributed by atoms with Crippen molar-refractivity contribution >= 4 is 30.2 Å². The Morgan fingerprint density at radius 1 is 1.15 bits per heavy atom. The average Bonchev–Trinajstić information content (AvgIpc) is 2.65. The molecular weight excluding hydrogens is 370 g/mol. The van der Waals surface area contributed by atoms with Gasteiger partial charge in [-0.3, -0.25) is 14.6 Å². The first-order valence-electron chi connectivity index (χ1n) is 8.35. The molecule has 2 aromatic rings. The highest BCUT2D eigenvalue weighted by Gasteiger charge is 2.08. The van der Waals surface area contributed by atoms with Crippen molar-refractivity contribution in [2.24, 2.45) is 0 Å². The van der Waals surface area contributed by atoms with E-state index in [1.54, 1.807) is 36.4 Å². The Kier molecular flexibility index (Phi) is 9.61. The number of rotatable bonds is 10. The van der Waals surface area contributed by atoms with Crippen LogP contribution >= 0.6 is 12.4 Å². The molecule has 0 bridgehead atoms. The number of allylic oxidation sites excluding steroid dienone is 1. The number of ether oxygens (including phenoxy) is 2. The van der Waals surface area contributed by atoms with E-state index in [1.807, 2.05) is 13.0 Å². The fourth-order valence-electron chi connectivity index (χ4n) is 2.17. The van der Waals surface area contributed by atoms with E-state index in [4.69, 9.17) is 14.6 Å². The number of benzene rings is 1. The van der Waals surface area contributed by atoms with Gasteiger partial charge in [0.25, 0.3) is 0 Å². The molecule has 0 spiro atoms. The van der Waals surface area contributed by atoms with E-state index in [9.17, 15) is 9.59 Å². The molecule has 0 aliphatic rings. The highest BCUT2D eigenvalue weighted by Crippen LogP contribution is 2.27. The summed E-state index contributed by atoms with van der Waals surface area (Å²) in [4.78, 5) is 26.9. The third kappa shape index (κ3) is 7.50. The third-order valence-electron chi connectivity index (χ3n) is 3.41. The Balaban J connectivity index is 0.00000364. The lowest BCUT2D eigenvalue weighted by molar-refractivity contribution is -0.137. The second-order valence-corrected chi connectivity index (χ2v) is 5.40. The van der Waals surface area contributed by atoms with Gasteiger partial charge >= 0.3 is 5.97 Å². The molecule has 144 valence electrons. The zero-order valence-electron chi connectivity index (χ0n) is 15.0. The summed E-state index contributed by atoms with van der Waals surface area (Å²) in [6.45, 7) is 2.55. The minimum atomic E-state index is -0.864. The first kappa shape index (κ1) is 22.2. The van der Waals surface area contributed by atoms with Gasteiger partial charge in [-0.25, -0.2) is 0 Å². The second kappa shape index (κ2) is 11.7. The van der Waals surface area contributed by atoms with E-state index in [2.05, 4.69) is 4.98 Å². The number of carbonyl (C=O) groups excluding carboxylic acids is 1. The standard InChI is InChI=1S/C20H21NO5.ClH/c1-2-25-19-14-21-16(13-18(19)26-12-6-9-20(23)24)10-11-17(22)15-7-4-3-5-8-15;/h3-5,7-8,10-11,13-14H,2,6,9,12H2,1H3,(H,23,24);1H/b11-10+;. The van der Waals surface area contributed by atoms with Crippen molar-refractivity contribution in [3.8, 4) is 11.5 Å². The smallest absolute Gasteiger partial charge is 0.303 e. The van der Waals surface area contributed by atoms with Crippen LogP contribution in [0.25, 0.3) is 6.08 Å². The minimum absolute atomic E-state index is 0. The van der Waals surface area contributed by atoms with Gasteiger partial charge in [-0.05, 0) is 25.5 Å². The molecule has 6 nitrogen and oxygen atoms in total. The predicted octanol–water partition coefficient (Wildman–Crippen LogP) is 4.04. The topological polar surface area (TPSA) is 85.7 Å². The van der Waals surface area contributed by atoms with Crippen molar-refractivity contribution in [2.45, 2.75) is 19.8 Å². The van der Waals surface area contributed by atoms with Gasteiger partial charge in [0, 0.05) is 18.1 Å². The van der Waals surface area contributed by atoms with Gasteiger partial charge in [0.2, 0.25) is 0 Å². The van der Waals surface area contributed by atoms with Crippen LogP contribution in [-0.4, -0.2) is 35.1 Å². The van der Waals surface area contributed by atoms with Gasteiger partial charge in [-0.2, -0.15) is 0 Å². The number of carboxylic acids is 1. The Morgan fingerprint density at radius 3 is 2.56 bits per heavy atom. The third-order valence-corrected chi connectivity index (χ3v) is 3.41. The van der Waals surface area contributed by atoms with Crippen molar-refractivity contribution in [3.63, 3.8) is 0 Å². The molecule has 7 heteroatoms. The molecule has 0 amide bonds. The maximum atomic E-state index is 12.1. The highest BCUT2D eigenvalue weighted by molar-refractivity contribution is 6.06. The highest BCUT2D eigenvalue weighted by atomic mass is 35.5. The molecule has 0 radical (unpaired) electrons. The molecular formula is C20H22ClNO5. The number of halogens is 1. The van der Waals surface area contributed by atoms with Crippen molar-refractivity contribution in [3.05, 3.63) is 59.9 Å². The first-order chi connectivity index (χ1) is 12.6. The summed E-state index contributed by atoms with van der Waals surface area (Å²) < 4.78 is 11.1. The summed E-state index contributed by atoms with van der Waals surface area (Å²) in [5, 5.41) is 8.68. The lowest BCUT2D eigenvalue weighted by Crippen LogP contribution is -2.04. The van der Waals surface area contributed by atoms with Gasteiger partial charge < -0.3 is 14.6 Å². The molecule has 0 aliphatic heterocycles. The Labute approximate surface area is 164 Å². The number of pyridine rings is 1. The number of hydrogen-bond acceptors (Lipinski definition) is 5. The first-order valence-corrected chi connectivity index (χ1v) is 8.35. The van der Waals surface area contributed by atoms with E-state index < -0.39 is 5.97 Å². The molecule has 1 heterocycles. The summed E-state index contributed by atoms with van der Waals surface area (Å²) in [5.41, 5.74) is 1.14. The fourth-order valence-corrected chi connectivity index (χ4v) is 2.17. The van der Waals surface area contributed by atoms with Crippen LogP contribution in [0.4, 0.5) is 0 Å². The van der Waals surface area contributed by atoms with Gasteiger partial charge in [-0.15, -0.1) is 12.4 Å². The van der Waals surface area contributed by atoms with Crippen LogP contribution in [0, 0.1) is 0 Å². The zero-order valence-corrected chi connectivity index (χ0v) is 15.8. The van der Waals surface area contributed by atoms with Gasteiger partial charge in [0.15, 0.2) is 17.3 Å². The average molecular weight is 392 g/mol. The van der Waals surface area contributed by atoms with Crippen LogP contribution in [0.3, 0.4) is 0 Å². The largest absolute Gasteiger partial charge is 0.490 e. The maximum absolute atomic E-state index is 12.1. The molecule has 0 unspecified atom stereocenters. The molecule has 1 N–H and O–H groups in total. The maximum Gasteiger partial charge on any atom is 0.303 e. The Bertz CT molecular complexity index is 777. The van der Waals surface area contributed by atoms with Crippen LogP contribution in [0.2, 0.25) is 0 Å². The zero-order chi connectivity index (χ0) is 18.8. The van der Waals surface area contributed by atoms with Crippen molar-refractivity contribution < 1.29 is 24.2 Å². The number of nitrogens with zero attached hydrogens (tertiary/aromatic N) is 1. The molecule has 0 fully saturated rings. The fraction of sp³-hybridized carbons (Fsp3) is 0.250. The van der Waals surface area contributed by atoms with E-state index >= 15 is 0 Å². The minimum Gasteiger partial charge on any atom is -0.490 e. The van der Waals surface area contributed by atoms with Crippen LogP contribution in [0.15, 0.2) is 48.7 Å². The van der Waals surface area contributed by atoms with E-state index in [1.165, 1.54) is 12.3 Å². The van der Waals surface area contributed by atoms with E-state index in [-0.39, 0.29) is 31.2 Å². The quantitative estimate of drug-likeness (QED) is 0.373. The number of carbonyl (C=O) groups is 2. The van der Waals surface area contributed by atoms with E-state index in [0.29, 0.717) is 35.8 Å². The molecule has 27 heavy (non-hydrogen) atoms. The summed E-state index contributed by atoms with van der Waals surface area (Å²) in [5.74, 6) is -0.0324. The Morgan fingerprint density at radius 2 is 1.89 bits per heavy atom. The molecule has 0 aliphatic carbocycles. The van der Waals surface area contributed by atoms with Crippen molar-refractivity contribution in [1.82, 2.24) is 4.98 Å². The lowest BCUT2D eigenvalue weighted by atomic mass is 10.1. The van der Waals surface area contributed by atoms with Crippen LogP contribution in [0.1, 0.15) is 35.8 Å². The SMILES string of the molecule is CCOc1cnc(/C=C/C(=O)c2ccccc2)cc1OCCCC(=O)O.Cl. The van der Waals surface area contributed by atoms with Crippen molar-refractivity contribution in [1.29, 1.82) is 0 Å². The van der Waals surface area contributed by atoms with Crippen molar-refractivity contribution in [2.75, 3.05) is 13.2 Å². The lowest BCUT2D eigenvalue weighted by Gasteiger charge is -2.11. The van der Waals surface area contributed by atoms with Crippen LogP contribution < -0.4 is 9.47 Å². The number of aliphatic carboxylic acids is 1. The number of aromatic nitrogens is 1. The monoisotopic (exact) mass is 391 g/mol. The van der Waals surface area contributed by atoms with Crippen LogP contribution in [-0.2, 0) is 4.79 Å². The van der Waals surface area contributed by atoms with Gasteiger partial charge in [-0.1, -0.05) is 30.3 Å². The van der Waals surface area contributed by atoms with E-state index in [0.717, 1.165) is 0 Å². The van der Waals surface area contributed by atoms with Gasteiger partial charge in [0.05, 0.1) is 25.1 Å². The molecule has 1 aromatic heterocycles. The summed E-state index contributed by atoms with van der Waals surface area (Å²) in [6.07, 6.45) is 5.01. The second-order valence-electron chi connectivity index (χ2n) is 5.40. The van der Waals surface area contributed by atoms with Gasteiger partial charge in [0.1, 0.15) is 0 Å². The molecule has 0 saturated heterocycles. The molecule has 1 aromatic carbocycles. The predicted molar refractivity (Wildman–Crippen MR) is 105 cm³/mol. The summed E-state index contributed by atoms with van der Waals surface area (Å²) >= 11 is 0. The number of hydrogen-bond donors (Lipinski definition) is 1. The number of carboxylic acid groups (broad SMARTS) is 1. The molecule has 0 atom stereocenters. The summed E-state index contributed by atoms with van der Waals surface area (Å²) in [7, 11) is 0. The molecule has 2 rings (SSSR count). The molecule has 0 saturated carbocycles. The summed E-state index contributed by atoms with van der Waals surface area (Å²) in [6, 6.07) is 10.6. The number of ketones is 1. The normalized spacial score (nSPS) is 10.3. The Hall–Kier alpha value is -2.86. The van der Waals surface area contributed by atoms with Crippen LogP contribution in [0.5, 0.6) is 11.5 Å².